The van der Waals surface area contributed by atoms with Crippen molar-refractivity contribution in [2.24, 2.45) is 5.73 Å². The second kappa shape index (κ2) is 5.65. The van der Waals surface area contributed by atoms with Gasteiger partial charge in [0.25, 0.3) is 0 Å². The van der Waals surface area contributed by atoms with E-state index < -0.39 is 0 Å². The van der Waals surface area contributed by atoms with Gasteiger partial charge in [0, 0.05) is 18.0 Å². The van der Waals surface area contributed by atoms with E-state index >= 15 is 0 Å². The van der Waals surface area contributed by atoms with Gasteiger partial charge in [0.1, 0.15) is 17.1 Å². The number of hydrogen-bond donors (Lipinski definition) is 1. The van der Waals surface area contributed by atoms with E-state index in [0.717, 1.165) is 36.3 Å². The van der Waals surface area contributed by atoms with Crippen LogP contribution in [0.5, 0.6) is 11.5 Å². The van der Waals surface area contributed by atoms with Crippen LogP contribution in [0.25, 0.3) is 0 Å². The average Bonchev–Trinajstić information content (AvgIpc) is 2.43. The van der Waals surface area contributed by atoms with Crippen LogP contribution >= 0.6 is 0 Å². The Morgan fingerprint density at radius 2 is 1.85 bits per heavy atom. The van der Waals surface area contributed by atoms with Gasteiger partial charge in [0.2, 0.25) is 0 Å². The Labute approximate surface area is 121 Å². The number of hydrogen-bond acceptors (Lipinski definition) is 3. The van der Waals surface area contributed by atoms with Gasteiger partial charge in [0.15, 0.2) is 0 Å². The second-order valence-corrected chi connectivity index (χ2v) is 6.27. The smallest absolute Gasteiger partial charge is 0.125 e. The molecule has 1 aromatic carbocycles. The first-order valence-electron chi connectivity index (χ1n) is 7.85. The van der Waals surface area contributed by atoms with Crippen molar-refractivity contribution in [2.75, 3.05) is 7.11 Å². The van der Waals surface area contributed by atoms with Crippen LogP contribution in [0.2, 0.25) is 0 Å². The topological polar surface area (TPSA) is 44.5 Å². The van der Waals surface area contributed by atoms with Gasteiger partial charge in [-0.1, -0.05) is 19.3 Å². The Bertz CT molecular complexity index is 464. The summed E-state index contributed by atoms with van der Waals surface area (Å²) in [5, 5.41) is 0. The number of rotatable bonds is 1. The summed E-state index contributed by atoms with van der Waals surface area (Å²) in [4.78, 5) is 0. The highest BCUT2D eigenvalue weighted by molar-refractivity contribution is 5.44. The normalized spacial score (nSPS) is 25.2. The SMILES string of the molecule is COc1ccc2c(c1)C(N)CC1(CCCCCCC1)O2. The molecule has 2 N–H and O–H groups in total. The van der Waals surface area contributed by atoms with E-state index in [9.17, 15) is 0 Å². The van der Waals surface area contributed by atoms with Crippen molar-refractivity contribution < 1.29 is 9.47 Å². The van der Waals surface area contributed by atoms with Crippen LogP contribution in [0.1, 0.15) is 63.0 Å². The van der Waals surface area contributed by atoms with Gasteiger partial charge >= 0.3 is 0 Å². The van der Waals surface area contributed by atoms with Crippen LogP contribution in [0.4, 0.5) is 0 Å². The van der Waals surface area contributed by atoms with Gasteiger partial charge in [-0.05, 0) is 43.9 Å². The third-order valence-corrected chi connectivity index (χ3v) is 4.80. The fourth-order valence-corrected chi connectivity index (χ4v) is 3.68. The Balaban J connectivity index is 1.87. The van der Waals surface area contributed by atoms with Crippen molar-refractivity contribution in [3.8, 4) is 11.5 Å². The quantitative estimate of drug-likeness (QED) is 0.843. The van der Waals surface area contributed by atoms with Crippen molar-refractivity contribution in [3.63, 3.8) is 0 Å². The van der Waals surface area contributed by atoms with Crippen LogP contribution < -0.4 is 15.2 Å². The summed E-state index contributed by atoms with van der Waals surface area (Å²) in [5.74, 6) is 1.82. The summed E-state index contributed by atoms with van der Waals surface area (Å²) in [6.45, 7) is 0. The Morgan fingerprint density at radius 3 is 2.55 bits per heavy atom. The first-order chi connectivity index (χ1) is 9.72. The molecule has 1 spiro atoms. The summed E-state index contributed by atoms with van der Waals surface area (Å²) in [6.07, 6.45) is 9.78. The molecule has 20 heavy (non-hydrogen) atoms. The molecule has 0 saturated heterocycles. The number of benzene rings is 1. The van der Waals surface area contributed by atoms with Gasteiger partial charge in [-0.25, -0.2) is 0 Å². The molecule has 110 valence electrons. The van der Waals surface area contributed by atoms with E-state index in [2.05, 4.69) is 0 Å². The Morgan fingerprint density at radius 1 is 1.15 bits per heavy atom. The summed E-state index contributed by atoms with van der Waals surface area (Å²) in [5.41, 5.74) is 7.50. The predicted molar refractivity (Wildman–Crippen MR) is 80.2 cm³/mol. The zero-order chi connectivity index (χ0) is 14.0. The molecule has 0 aromatic heterocycles. The molecule has 1 unspecified atom stereocenters. The van der Waals surface area contributed by atoms with Gasteiger partial charge in [-0.2, -0.15) is 0 Å². The van der Waals surface area contributed by atoms with Crippen molar-refractivity contribution in [1.29, 1.82) is 0 Å². The fourth-order valence-electron chi connectivity index (χ4n) is 3.68. The van der Waals surface area contributed by atoms with Crippen LogP contribution in [-0.4, -0.2) is 12.7 Å². The van der Waals surface area contributed by atoms with Crippen molar-refractivity contribution in [3.05, 3.63) is 23.8 Å². The Kier molecular flexibility index (Phi) is 3.88. The van der Waals surface area contributed by atoms with Gasteiger partial charge in [-0.3, -0.25) is 0 Å². The molecular formula is C17H25NO2. The molecule has 3 rings (SSSR count). The third-order valence-electron chi connectivity index (χ3n) is 4.80. The molecule has 1 fully saturated rings. The number of ether oxygens (including phenoxy) is 2. The highest BCUT2D eigenvalue weighted by atomic mass is 16.5. The minimum atomic E-state index is -0.0264. The van der Waals surface area contributed by atoms with Crippen LogP contribution in [-0.2, 0) is 0 Å². The van der Waals surface area contributed by atoms with E-state index in [1.807, 2.05) is 18.2 Å². The zero-order valence-corrected chi connectivity index (χ0v) is 12.4. The molecule has 1 aliphatic carbocycles. The van der Waals surface area contributed by atoms with Gasteiger partial charge in [0.05, 0.1) is 7.11 Å². The lowest BCUT2D eigenvalue weighted by Crippen LogP contribution is -2.43. The largest absolute Gasteiger partial charge is 0.497 e. The summed E-state index contributed by atoms with van der Waals surface area (Å²) < 4.78 is 11.7. The lowest BCUT2D eigenvalue weighted by Gasteiger charge is -2.42. The minimum Gasteiger partial charge on any atom is -0.497 e. The van der Waals surface area contributed by atoms with Gasteiger partial charge in [-0.15, -0.1) is 0 Å². The highest BCUT2D eigenvalue weighted by Gasteiger charge is 2.39. The number of methoxy groups -OCH3 is 1. The first kappa shape index (κ1) is 13.7. The fraction of sp³-hybridized carbons (Fsp3) is 0.647. The molecule has 3 heteroatoms. The maximum absolute atomic E-state index is 6.43. The molecule has 0 radical (unpaired) electrons. The standard InChI is InChI=1S/C17H25NO2/c1-19-13-7-8-16-14(11-13)15(18)12-17(20-16)9-5-3-2-4-6-10-17/h7-8,11,15H,2-6,9-10,12,18H2,1H3. The molecule has 0 bridgehead atoms. The van der Waals surface area contributed by atoms with Crippen LogP contribution in [0.3, 0.4) is 0 Å². The highest BCUT2D eigenvalue weighted by Crippen LogP contribution is 2.45. The molecule has 3 nitrogen and oxygen atoms in total. The number of nitrogens with two attached hydrogens (primary N) is 1. The summed E-state index contributed by atoms with van der Waals surface area (Å²) in [7, 11) is 1.69. The Hall–Kier alpha value is -1.22. The maximum Gasteiger partial charge on any atom is 0.125 e. The van der Waals surface area contributed by atoms with Crippen LogP contribution in [0.15, 0.2) is 18.2 Å². The second-order valence-electron chi connectivity index (χ2n) is 6.27. The molecule has 1 atom stereocenters. The summed E-state index contributed by atoms with van der Waals surface area (Å²) in [6, 6.07) is 6.07. The minimum absolute atomic E-state index is 0.0264. The van der Waals surface area contributed by atoms with E-state index in [0.29, 0.717) is 0 Å². The monoisotopic (exact) mass is 275 g/mol. The summed E-state index contributed by atoms with van der Waals surface area (Å²) >= 11 is 0. The van der Waals surface area contributed by atoms with E-state index in [1.165, 1.54) is 32.1 Å². The van der Waals surface area contributed by atoms with E-state index in [-0.39, 0.29) is 11.6 Å². The lowest BCUT2D eigenvalue weighted by molar-refractivity contribution is 0.0112. The van der Waals surface area contributed by atoms with Gasteiger partial charge < -0.3 is 15.2 Å². The third kappa shape index (κ3) is 2.64. The maximum atomic E-state index is 6.43. The zero-order valence-electron chi connectivity index (χ0n) is 12.4. The molecule has 1 aromatic rings. The van der Waals surface area contributed by atoms with Crippen LogP contribution in [0, 0.1) is 0 Å². The van der Waals surface area contributed by atoms with E-state index in [1.54, 1.807) is 7.11 Å². The molecule has 0 amide bonds. The molecule has 1 aliphatic heterocycles. The molecule has 2 aliphatic rings. The van der Waals surface area contributed by atoms with Crippen molar-refractivity contribution in [2.45, 2.75) is 63.0 Å². The number of fused-ring (bicyclic) bond motifs is 1. The molecular weight excluding hydrogens is 250 g/mol. The lowest BCUT2D eigenvalue weighted by atomic mass is 9.79. The average molecular weight is 275 g/mol. The molecule has 1 heterocycles. The predicted octanol–water partition coefficient (Wildman–Crippen LogP) is 3.96. The first-order valence-corrected chi connectivity index (χ1v) is 7.85. The van der Waals surface area contributed by atoms with E-state index in [4.69, 9.17) is 15.2 Å². The van der Waals surface area contributed by atoms with Crippen molar-refractivity contribution >= 4 is 0 Å². The molecule has 1 saturated carbocycles. The van der Waals surface area contributed by atoms with Crippen molar-refractivity contribution in [1.82, 2.24) is 0 Å².